The number of nitrogens with one attached hydrogen (secondary N) is 1. The molecule has 1 atom stereocenters. The molecule has 2 amide bonds. The Morgan fingerprint density at radius 1 is 1.28 bits per heavy atom. The van der Waals surface area contributed by atoms with Crippen molar-refractivity contribution in [3.05, 3.63) is 23.2 Å². The molecule has 0 spiro atoms. The molecule has 1 N–H and O–H groups in total. The second-order valence-electron chi connectivity index (χ2n) is 7.19. The maximum absolute atomic E-state index is 12.6. The van der Waals surface area contributed by atoms with E-state index in [2.05, 4.69) is 12.2 Å². The van der Waals surface area contributed by atoms with Crippen LogP contribution in [0.25, 0.3) is 0 Å². The van der Waals surface area contributed by atoms with Crippen LogP contribution in [-0.4, -0.2) is 31.5 Å². The summed E-state index contributed by atoms with van der Waals surface area (Å²) in [7, 11) is 1.56. The first kappa shape index (κ1) is 18.1. The highest BCUT2D eigenvalue weighted by Gasteiger charge is 2.37. The Bertz CT molecular complexity index is 656. The zero-order valence-corrected chi connectivity index (χ0v) is 15.5. The molecule has 5 nitrogen and oxygen atoms in total. The highest BCUT2D eigenvalue weighted by molar-refractivity contribution is 6.31. The van der Waals surface area contributed by atoms with Crippen LogP contribution in [0.3, 0.4) is 0 Å². The average Bonchev–Trinajstić information content (AvgIpc) is 2.98. The van der Waals surface area contributed by atoms with Crippen LogP contribution in [0.5, 0.6) is 5.75 Å². The van der Waals surface area contributed by atoms with Gasteiger partial charge < -0.3 is 15.0 Å². The van der Waals surface area contributed by atoms with E-state index in [4.69, 9.17) is 16.3 Å². The van der Waals surface area contributed by atoms with Crippen LogP contribution < -0.4 is 15.0 Å². The lowest BCUT2D eigenvalue weighted by Gasteiger charge is -2.28. The topological polar surface area (TPSA) is 58.6 Å². The van der Waals surface area contributed by atoms with Crippen molar-refractivity contribution in [2.24, 2.45) is 11.8 Å². The van der Waals surface area contributed by atoms with Gasteiger partial charge in [-0.2, -0.15) is 0 Å². The number of ether oxygens (including phenoxy) is 1. The average molecular weight is 365 g/mol. The third-order valence-electron chi connectivity index (χ3n) is 5.29. The van der Waals surface area contributed by atoms with E-state index in [-0.39, 0.29) is 30.2 Å². The Kier molecular flexibility index (Phi) is 5.52. The molecule has 1 aromatic carbocycles. The molecule has 2 fully saturated rings. The van der Waals surface area contributed by atoms with E-state index in [0.717, 1.165) is 31.6 Å². The first-order chi connectivity index (χ1) is 12.0. The molecule has 1 aliphatic carbocycles. The lowest BCUT2D eigenvalue weighted by Crippen LogP contribution is -2.41. The summed E-state index contributed by atoms with van der Waals surface area (Å²) < 4.78 is 5.34. The fraction of sp³-hybridized carbons (Fsp3) is 0.579. The first-order valence-electron chi connectivity index (χ1n) is 8.92. The Morgan fingerprint density at radius 2 is 2.00 bits per heavy atom. The molecular weight excluding hydrogens is 340 g/mol. The van der Waals surface area contributed by atoms with E-state index < -0.39 is 0 Å². The van der Waals surface area contributed by atoms with Crippen molar-refractivity contribution in [2.75, 3.05) is 18.6 Å². The molecule has 0 aromatic heterocycles. The van der Waals surface area contributed by atoms with Crippen molar-refractivity contribution in [3.8, 4) is 5.75 Å². The molecular formula is C19H25ClN2O3. The van der Waals surface area contributed by atoms with Gasteiger partial charge in [-0.05, 0) is 49.8 Å². The number of hydrogen-bond donors (Lipinski definition) is 1. The van der Waals surface area contributed by atoms with Gasteiger partial charge in [-0.3, -0.25) is 9.59 Å². The maximum Gasteiger partial charge on any atom is 0.227 e. The smallest absolute Gasteiger partial charge is 0.227 e. The van der Waals surface area contributed by atoms with Gasteiger partial charge in [0.1, 0.15) is 5.75 Å². The number of halogens is 1. The molecule has 1 aliphatic heterocycles. The van der Waals surface area contributed by atoms with Gasteiger partial charge in [0.25, 0.3) is 0 Å². The van der Waals surface area contributed by atoms with Gasteiger partial charge in [0.15, 0.2) is 0 Å². The number of carbonyl (C=O) groups excluding carboxylic acids is 2. The van der Waals surface area contributed by atoms with Crippen LogP contribution in [0.2, 0.25) is 5.02 Å². The largest absolute Gasteiger partial charge is 0.495 e. The number of benzene rings is 1. The Balaban J connectivity index is 1.66. The molecule has 1 saturated heterocycles. The summed E-state index contributed by atoms with van der Waals surface area (Å²) in [5, 5.41) is 3.67. The van der Waals surface area contributed by atoms with Gasteiger partial charge >= 0.3 is 0 Å². The number of amides is 2. The van der Waals surface area contributed by atoms with Crippen molar-refractivity contribution >= 4 is 29.1 Å². The summed E-state index contributed by atoms with van der Waals surface area (Å²) >= 11 is 6.07. The predicted octanol–water partition coefficient (Wildman–Crippen LogP) is 3.40. The van der Waals surface area contributed by atoms with Crippen LogP contribution in [-0.2, 0) is 9.59 Å². The lowest BCUT2D eigenvalue weighted by atomic mass is 9.87. The van der Waals surface area contributed by atoms with E-state index in [1.165, 1.54) is 0 Å². The summed E-state index contributed by atoms with van der Waals surface area (Å²) in [6.07, 6.45) is 4.59. The molecule has 1 aromatic rings. The molecule has 1 saturated carbocycles. The van der Waals surface area contributed by atoms with E-state index in [1.54, 1.807) is 30.2 Å². The van der Waals surface area contributed by atoms with E-state index >= 15 is 0 Å². The monoisotopic (exact) mass is 364 g/mol. The third-order valence-corrected chi connectivity index (χ3v) is 5.52. The number of nitrogens with zero attached hydrogens (tertiary/aromatic N) is 1. The summed E-state index contributed by atoms with van der Waals surface area (Å²) in [4.78, 5) is 26.7. The second kappa shape index (κ2) is 7.65. The zero-order chi connectivity index (χ0) is 18.0. The van der Waals surface area contributed by atoms with Crippen LogP contribution in [0.15, 0.2) is 18.2 Å². The quantitative estimate of drug-likeness (QED) is 0.890. The van der Waals surface area contributed by atoms with E-state index in [1.807, 2.05) is 0 Å². The van der Waals surface area contributed by atoms with Gasteiger partial charge in [0.05, 0.1) is 18.7 Å². The molecule has 136 valence electrons. The highest BCUT2D eigenvalue weighted by Crippen LogP contribution is 2.35. The predicted molar refractivity (Wildman–Crippen MR) is 98.0 cm³/mol. The second-order valence-corrected chi connectivity index (χ2v) is 7.62. The molecule has 6 heteroatoms. The maximum atomic E-state index is 12.6. The van der Waals surface area contributed by atoms with Crippen molar-refractivity contribution in [1.29, 1.82) is 0 Å². The fourth-order valence-corrected chi connectivity index (χ4v) is 3.88. The first-order valence-corrected chi connectivity index (χ1v) is 9.30. The van der Waals surface area contributed by atoms with Crippen LogP contribution in [0, 0.1) is 11.8 Å². The van der Waals surface area contributed by atoms with Gasteiger partial charge in [0, 0.05) is 24.0 Å². The summed E-state index contributed by atoms with van der Waals surface area (Å²) in [6.45, 7) is 2.62. The van der Waals surface area contributed by atoms with Crippen LogP contribution in [0.1, 0.15) is 39.0 Å². The number of carbonyl (C=O) groups is 2. The highest BCUT2D eigenvalue weighted by atomic mass is 35.5. The number of methoxy groups -OCH3 is 1. The number of hydrogen-bond acceptors (Lipinski definition) is 3. The minimum atomic E-state index is -0.324. The molecule has 3 rings (SSSR count). The summed E-state index contributed by atoms with van der Waals surface area (Å²) in [6, 6.07) is 5.41. The minimum Gasteiger partial charge on any atom is -0.495 e. The van der Waals surface area contributed by atoms with E-state index in [0.29, 0.717) is 23.0 Å². The van der Waals surface area contributed by atoms with Crippen molar-refractivity contribution in [1.82, 2.24) is 5.32 Å². The molecule has 1 heterocycles. The zero-order valence-electron chi connectivity index (χ0n) is 14.8. The van der Waals surface area contributed by atoms with Crippen LogP contribution in [0.4, 0.5) is 5.69 Å². The Labute approximate surface area is 153 Å². The number of rotatable bonds is 4. The minimum absolute atomic E-state index is 0.0172. The standard InChI is InChI=1S/C19H25ClN2O3/c1-12-3-6-15(7-4-12)21-19(24)13-9-18(23)22(11-13)16-10-14(20)5-8-17(16)25-2/h5,8,10,12-13,15H,3-4,6-7,9,11H2,1-2H3,(H,21,24). The Hall–Kier alpha value is -1.75. The van der Waals surface area contributed by atoms with Crippen molar-refractivity contribution in [3.63, 3.8) is 0 Å². The van der Waals surface area contributed by atoms with Crippen molar-refractivity contribution in [2.45, 2.75) is 45.1 Å². The number of anilines is 1. The molecule has 25 heavy (non-hydrogen) atoms. The van der Waals surface area contributed by atoms with Crippen LogP contribution >= 0.6 is 11.6 Å². The summed E-state index contributed by atoms with van der Waals surface area (Å²) in [5.41, 5.74) is 0.627. The molecule has 2 aliphatic rings. The SMILES string of the molecule is COc1ccc(Cl)cc1N1CC(C(=O)NC2CCC(C)CC2)CC1=O. The lowest BCUT2D eigenvalue weighted by molar-refractivity contribution is -0.127. The van der Waals surface area contributed by atoms with Gasteiger partial charge in [0.2, 0.25) is 11.8 Å². The van der Waals surface area contributed by atoms with Crippen molar-refractivity contribution < 1.29 is 14.3 Å². The van der Waals surface area contributed by atoms with E-state index in [9.17, 15) is 9.59 Å². The van der Waals surface area contributed by atoms with Gasteiger partial charge in [-0.25, -0.2) is 0 Å². The fourth-order valence-electron chi connectivity index (χ4n) is 3.71. The van der Waals surface area contributed by atoms with Gasteiger partial charge in [-0.15, -0.1) is 0 Å². The Morgan fingerprint density at radius 3 is 2.68 bits per heavy atom. The molecule has 1 unspecified atom stereocenters. The molecule has 0 bridgehead atoms. The third kappa shape index (κ3) is 4.09. The summed E-state index contributed by atoms with van der Waals surface area (Å²) in [5.74, 6) is 0.914. The molecule has 0 radical (unpaired) electrons. The van der Waals surface area contributed by atoms with Gasteiger partial charge in [-0.1, -0.05) is 18.5 Å². The normalized spacial score (nSPS) is 26.6.